The fraction of sp³-hybridized carbons (Fsp3) is 0.692. The van der Waals surface area contributed by atoms with Crippen molar-refractivity contribution in [1.82, 2.24) is 10.2 Å². The normalized spacial score (nSPS) is 23.7. The van der Waals surface area contributed by atoms with E-state index in [1.165, 1.54) is 0 Å². The molecule has 0 spiro atoms. The summed E-state index contributed by atoms with van der Waals surface area (Å²) in [5, 5.41) is 18.0. The molecule has 0 radical (unpaired) electrons. The van der Waals surface area contributed by atoms with E-state index in [9.17, 15) is 5.11 Å². The highest BCUT2D eigenvalue weighted by atomic mass is 16.3. The van der Waals surface area contributed by atoms with E-state index in [0.717, 1.165) is 35.6 Å². The minimum atomic E-state index is 0.131. The third kappa shape index (κ3) is 2.08. The molecule has 0 aromatic carbocycles. The largest absolute Gasteiger partial charge is 0.394 e. The van der Waals surface area contributed by atoms with Gasteiger partial charge < -0.3 is 15.7 Å². The number of aryl methyl sites for hydroxylation is 1. The highest BCUT2D eigenvalue weighted by molar-refractivity contribution is 5.52. The molecular formula is C13H22N4O. The maximum absolute atomic E-state index is 9.53. The third-order valence-electron chi connectivity index (χ3n) is 4.11. The fourth-order valence-electron chi connectivity index (χ4n) is 2.67. The van der Waals surface area contributed by atoms with Crippen LogP contribution >= 0.6 is 0 Å². The second-order valence-corrected chi connectivity index (χ2v) is 5.13. The molecule has 18 heavy (non-hydrogen) atoms. The molecule has 2 unspecified atom stereocenters. The molecule has 0 saturated carbocycles. The third-order valence-corrected chi connectivity index (χ3v) is 4.11. The number of rotatable bonds is 3. The van der Waals surface area contributed by atoms with Gasteiger partial charge in [-0.15, -0.1) is 5.10 Å². The number of aromatic nitrogens is 2. The molecule has 1 aromatic rings. The van der Waals surface area contributed by atoms with Crippen molar-refractivity contribution in [2.24, 2.45) is 11.7 Å². The summed E-state index contributed by atoms with van der Waals surface area (Å²) in [5.41, 5.74) is 8.94. The van der Waals surface area contributed by atoms with Crippen LogP contribution in [0.1, 0.15) is 30.2 Å². The molecule has 5 nitrogen and oxygen atoms in total. The Bertz CT molecular complexity index is 435. The lowest BCUT2D eigenvalue weighted by atomic mass is 10.0. The average Bonchev–Trinajstić information content (AvgIpc) is 2.73. The minimum absolute atomic E-state index is 0.131. The van der Waals surface area contributed by atoms with E-state index in [-0.39, 0.29) is 12.6 Å². The van der Waals surface area contributed by atoms with Crippen molar-refractivity contribution < 1.29 is 5.11 Å². The number of hydrogen-bond acceptors (Lipinski definition) is 5. The lowest BCUT2D eigenvalue weighted by molar-refractivity contribution is 0.244. The van der Waals surface area contributed by atoms with Crippen LogP contribution < -0.4 is 10.6 Å². The van der Waals surface area contributed by atoms with Gasteiger partial charge in [-0.3, -0.25) is 0 Å². The van der Waals surface area contributed by atoms with Crippen LogP contribution in [0.25, 0.3) is 0 Å². The lowest BCUT2D eigenvalue weighted by Gasteiger charge is -2.28. The monoisotopic (exact) mass is 250 g/mol. The Kier molecular flexibility index (Phi) is 3.82. The predicted octanol–water partition coefficient (Wildman–Crippen LogP) is 0.759. The molecule has 2 heterocycles. The molecule has 100 valence electrons. The van der Waals surface area contributed by atoms with Gasteiger partial charge in [0.15, 0.2) is 5.82 Å². The first-order valence-electron chi connectivity index (χ1n) is 6.50. The summed E-state index contributed by atoms with van der Waals surface area (Å²) in [6.07, 6.45) is 1.07. The molecule has 1 fully saturated rings. The Labute approximate surface area is 108 Å². The van der Waals surface area contributed by atoms with Gasteiger partial charge in [0, 0.05) is 18.7 Å². The van der Waals surface area contributed by atoms with E-state index in [4.69, 9.17) is 5.73 Å². The molecule has 5 heteroatoms. The van der Waals surface area contributed by atoms with Crippen molar-refractivity contribution in [1.29, 1.82) is 0 Å². The van der Waals surface area contributed by atoms with Gasteiger partial charge in [-0.2, -0.15) is 5.10 Å². The molecule has 0 amide bonds. The van der Waals surface area contributed by atoms with Crippen molar-refractivity contribution in [3.63, 3.8) is 0 Å². The van der Waals surface area contributed by atoms with Gasteiger partial charge in [0.05, 0.1) is 18.3 Å². The first-order valence-corrected chi connectivity index (χ1v) is 6.50. The summed E-state index contributed by atoms with van der Waals surface area (Å²) in [7, 11) is 0. The Morgan fingerprint density at radius 3 is 2.72 bits per heavy atom. The first kappa shape index (κ1) is 13.2. The molecule has 1 aliphatic heterocycles. The summed E-state index contributed by atoms with van der Waals surface area (Å²) in [6, 6.07) is 0.131. The molecule has 1 aromatic heterocycles. The van der Waals surface area contributed by atoms with Gasteiger partial charge >= 0.3 is 0 Å². The van der Waals surface area contributed by atoms with E-state index >= 15 is 0 Å². The molecule has 0 bridgehead atoms. The summed E-state index contributed by atoms with van der Waals surface area (Å²) in [5.74, 6) is 1.33. The fourth-order valence-corrected chi connectivity index (χ4v) is 2.67. The number of hydrogen-bond donors (Lipinski definition) is 2. The van der Waals surface area contributed by atoms with Crippen LogP contribution in [0.5, 0.6) is 0 Å². The molecule has 1 saturated heterocycles. The molecule has 3 N–H and O–H groups in total. The Balaban J connectivity index is 2.42. The van der Waals surface area contributed by atoms with Crippen LogP contribution in [0.15, 0.2) is 0 Å². The van der Waals surface area contributed by atoms with Crippen LogP contribution in [0.2, 0.25) is 0 Å². The number of nitrogens with zero attached hydrogens (tertiary/aromatic N) is 3. The van der Waals surface area contributed by atoms with Crippen LogP contribution in [0.4, 0.5) is 5.82 Å². The number of aliphatic hydroxyl groups is 1. The number of anilines is 1. The second kappa shape index (κ2) is 5.20. The van der Waals surface area contributed by atoms with Crippen LogP contribution in [0, 0.1) is 19.8 Å². The van der Waals surface area contributed by atoms with Gasteiger partial charge in [0.2, 0.25) is 0 Å². The zero-order chi connectivity index (χ0) is 13.3. The van der Waals surface area contributed by atoms with E-state index in [2.05, 4.69) is 22.0 Å². The van der Waals surface area contributed by atoms with Crippen LogP contribution in [-0.4, -0.2) is 34.5 Å². The SMILES string of the molecule is Cc1nnc(N2CCC(C)C2CO)c(CN)c1C. The maximum Gasteiger partial charge on any atom is 0.156 e. The molecule has 2 rings (SSSR count). The highest BCUT2D eigenvalue weighted by Crippen LogP contribution is 2.31. The summed E-state index contributed by atoms with van der Waals surface area (Å²) < 4.78 is 0. The standard InChI is InChI=1S/C13H22N4O/c1-8-4-5-17(12(8)7-18)13-11(6-14)9(2)10(3)15-16-13/h8,12,18H,4-7,14H2,1-3H3. The lowest BCUT2D eigenvalue weighted by Crippen LogP contribution is -2.37. The Hall–Kier alpha value is -1.20. The van der Waals surface area contributed by atoms with Crippen molar-refractivity contribution in [3.8, 4) is 0 Å². The van der Waals surface area contributed by atoms with E-state index in [1.54, 1.807) is 0 Å². The van der Waals surface area contributed by atoms with Gasteiger partial charge in [0.1, 0.15) is 0 Å². The van der Waals surface area contributed by atoms with Gasteiger partial charge in [-0.05, 0) is 31.7 Å². The maximum atomic E-state index is 9.53. The predicted molar refractivity (Wildman–Crippen MR) is 71.4 cm³/mol. The highest BCUT2D eigenvalue weighted by Gasteiger charge is 2.33. The van der Waals surface area contributed by atoms with Crippen molar-refractivity contribution in [2.45, 2.75) is 39.8 Å². The topological polar surface area (TPSA) is 75.3 Å². The zero-order valence-electron chi connectivity index (χ0n) is 11.3. The van der Waals surface area contributed by atoms with Crippen molar-refractivity contribution >= 4 is 5.82 Å². The quantitative estimate of drug-likeness (QED) is 0.828. The molecule has 2 atom stereocenters. The number of nitrogens with two attached hydrogens (primary N) is 1. The first-order chi connectivity index (χ1) is 8.60. The van der Waals surface area contributed by atoms with Gasteiger partial charge in [0.25, 0.3) is 0 Å². The molecular weight excluding hydrogens is 228 g/mol. The van der Waals surface area contributed by atoms with E-state index < -0.39 is 0 Å². The van der Waals surface area contributed by atoms with Crippen LogP contribution in [-0.2, 0) is 6.54 Å². The zero-order valence-corrected chi connectivity index (χ0v) is 11.3. The summed E-state index contributed by atoms with van der Waals surface area (Å²) in [4.78, 5) is 2.16. The minimum Gasteiger partial charge on any atom is -0.394 e. The van der Waals surface area contributed by atoms with Crippen molar-refractivity contribution in [3.05, 3.63) is 16.8 Å². The van der Waals surface area contributed by atoms with Gasteiger partial charge in [-0.25, -0.2) is 0 Å². The molecule has 0 aliphatic carbocycles. The summed E-state index contributed by atoms with van der Waals surface area (Å²) in [6.45, 7) is 7.67. The van der Waals surface area contributed by atoms with Crippen LogP contribution in [0.3, 0.4) is 0 Å². The van der Waals surface area contributed by atoms with Crippen molar-refractivity contribution in [2.75, 3.05) is 18.1 Å². The Morgan fingerprint density at radius 2 is 2.11 bits per heavy atom. The second-order valence-electron chi connectivity index (χ2n) is 5.13. The van der Waals surface area contributed by atoms with E-state index in [0.29, 0.717) is 12.5 Å². The van der Waals surface area contributed by atoms with E-state index in [1.807, 2.05) is 13.8 Å². The molecule has 1 aliphatic rings. The number of aliphatic hydroxyl groups excluding tert-OH is 1. The average molecular weight is 250 g/mol. The Morgan fingerprint density at radius 1 is 1.39 bits per heavy atom. The summed E-state index contributed by atoms with van der Waals surface area (Å²) >= 11 is 0. The van der Waals surface area contributed by atoms with Gasteiger partial charge in [-0.1, -0.05) is 6.92 Å². The smallest absolute Gasteiger partial charge is 0.156 e.